The molecule has 0 saturated heterocycles. The largest absolute Gasteiger partial charge is 1.00 e. The summed E-state index contributed by atoms with van der Waals surface area (Å²) in [4.78, 5) is 10.1. The summed E-state index contributed by atoms with van der Waals surface area (Å²) in [5.74, 6) is -1.22. The Morgan fingerprint density at radius 3 is 1.15 bits per heavy atom. The van der Waals surface area contributed by atoms with Crippen molar-refractivity contribution in [2.45, 2.75) is 155 Å². The van der Waals surface area contributed by atoms with Gasteiger partial charge in [0.05, 0.1) is 10.1 Å². The number of nitrogens with one attached hydrogen (secondary N) is 2. The summed E-state index contributed by atoms with van der Waals surface area (Å²) >= 11 is 0. The van der Waals surface area contributed by atoms with Gasteiger partial charge in [0.15, 0.2) is 0 Å². The number of aliphatic carboxylic acids is 1. The van der Waals surface area contributed by atoms with Crippen LogP contribution in [0.25, 0.3) is 0 Å². The van der Waals surface area contributed by atoms with Crippen LogP contribution in [0.4, 0.5) is 0 Å². The molecule has 2 N–H and O–H groups in total. The molecule has 0 aromatic heterocycles. The zero-order chi connectivity index (χ0) is 28.6. The van der Waals surface area contributed by atoms with E-state index in [0.29, 0.717) is 19.5 Å². The Labute approximate surface area is 293 Å². The van der Waals surface area contributed by atoms with Crippen molar-refractivity contribution in [3.05, 3.63) is 0 Å². The maximum Gasteiger partial charge on any atom is 1.00 e. The molecule has 0 aliphatic rings. The van der Waals surface area contributed by atoms with Gasteiger partial charge in [0.1, 0.15) is 0 Å². The fourth-order valence-corrected chi connectivity index (χ4v) is 4.79. The third-order valence-corrected chi connectivity index (χ3v) is 7.46. The topological polar surface area (TPSA) is 121 Å². The van der Waals surface area contributed by atoms with Crippen LogP contribution < -0.4 is 74.9 Å². The van der Waals surface area contributed by atoms with Gasteiger partial charge in [-0.05, 0) is 45.3 Å². The molecule has 0 fully saturated rings. The van der Waals surface area contributed by atoms with E-state index in [2.05, 4.69) is 24.5 Å². The third kappa shape index (κ3) is 52.0. The number of hydrogen-bond donors (Lipinski definition) is 2. The van der Waals surface area contributed by atoms with Gasteiger partial charge < -0.3 is 25.1 Å². The van der Waals surface area contributed by atoms with Gasteiger partial charge >= 0.3 is 59.1 Å². The smallest absolute Gasteiger partial charge is 0.748 e. The SMILES string of the molecule is CCCCCCCCCCCCNCCC(=O)[O-].CCCCCCCCCCCCNCCCS(=O)(=O)[O-].[Na+].[Na+]. The molecule has 0 unspecified atom stereocenters. The Kier molecular flexibility index (Phi) is 48.6. The average molecular weight is 609 g/mol. The molecule has 0 heterocycles. The van der Waals surface area contributed by atoms with Crippen LogP contribution in [0.2, 0.25) is 0 Å². The minimum Gasteiger partial charge on any atom is -0.748 e. The number of hydrogen-bond acceptors (Lipinski definition) is 7. The van der Waals surface area contributed by atoms with E-state index in [1.54, 1.807) is 0 Å². The predicted molar refractivity (Wildman–Crippen MR) is 158 cm³/mol. The number of carbonyl (C=O) groups is 1. The molecule has 0 aromatic carbocycles. The molecular formula is C30H62N2Na2O5S. The van der Waals surface area contributed by atoms with Gasteiger partial charge in [-0.3, -0.25) is 0 Å². The van der Waals surface area contributed by atoms with E-state index in [-0.39, 0.29) is 71.3 Å². The summed E-state index contributed by atoms with van der Waals surface area (Å²) in [6.45, 7) is 7.52. The minimum absolute atomic E-state index is 0. The standard InChI is InChI=1S/C15H33NO3S.C15H31NO2.2Na/c1-2-3-4-5-6-7-8-9-10-11-13-16-14-12-15-20(17,18)19;1-2-3-4-5-6-7-8-9-10-11-13-16-14-12-15(17)18;;/h16H,2-15H2,1H3,(H,17,18,19);16H,2-14H2,1H3,(H,17,18);;/q;;2*+1/p-2. The van der Waals surface area contributed by atoms with Crippen LogP contribution in [0.5, 0.6) is 0 Å². The first kappa shape index (κ1) is 48.2. The summed E-state index contributed by atoms with van der Waals surface area (Å²) in [5.41, 5.74) is 0. The molecule has 0 amide bonds. The Morgan fingerprint density at radius 2 is 0.825 bits per heavy atom. The van der Waals surface area contributed by atoms with Gasteiger partial charge in [0.2, 0.25) is 0 Å². The molecule has 0 aromatic rings. The summed E-state index contributed by atoms with van der Waals surface area (Å²) in [6, 6.07) is 0. The molecule has 10 heteroatoms. The summed E-state index contributed by atoms with van der Waals surface area (Å²) < 4.78 is 31.1. The number of rotatable bonds is 29. The minimum atomic E-state index is -4.03. The summed E-state index contributed by atoms with van der Waals surface area (Å²) in [6.07, 6.45) is 27.1. The molecule has 0 saturated carbocycles. The average Bonchev–Trinajstić information content (AvgIpc) is 2.86. The van der Waals surface area contributed by atoms with E-state index in [1.165, 1.54) is 116 Å². The van der Waals surface area contributed by atoms with Crippen molar-refractivity contribution in [2.75, 3.05) is 31.9 Å². The molecular weight excluding hydrogens is 546 g/mol. The number of carboxylic acid groups (broad SMARTS) is 1. The van der Waals surface area contributed by atoms with E-state index in [9.17, 15) is 22.9 Å². The van der Waals surface area contributed by atoms with Crippen LogP contribution in [-0.4, -0.2) is 50.9 Å². The van der Waals surface area contributed by atoms with Gasteiger partial charge in [-0.1, -0.05) is 129 Å². The molecule has 0 atom stereocenters. The maximum absolute atomic E-state index is 10.4. The van der Waals surface area contributed by atoms with Crippen LogP contribution in [-0.2, 0) is 14.9 Å². The van der Waals surface area contributed by atoms with Crippen LogP contribution >= 0.6 is 0 Å². The quantitative estimate of drug-likeness (QED) is 0.0701. The maximum atomic E-state index is 10.4. The zero-order valence-electron chi connectivity index (χ0n) is 27.0. The van der Waals surface area contributed by atoms with E-state index in [1.807, 2.05) is 0 Å². The summed E-state index contributed by atoms with van der Waals surface area (Å²) in [5, 5.41) is 16.5. The Bertz CT molecular complexity index is 584. The van der Waals surface area contributed by atoms with Crippen molar-refractivity contribution in [3.63, 3.8) is 0 Å². The Hall–Kier alpha value is 1.30. The van der Waals surface area contributed by atoms with Crippen molar-refractivity contribution >= 4 is 16.1 Å². The van der Waals surface area contributed by atoms with Crippen LogP contribution in [0.15, 0.2) is 0 Å². The van der Waals surface area contributed by atoms with Gasteiger partial charge in [0, 0.05) is 18.3 Å². The Balaban J connectivity index is -0.000000310. The molecule has 7 nitrogen and oxygen atoms in total. The van der Waals surface area contributed by atoms with Crippen molar-refractivity contribution < 1.29 is 82.0 Å². The van der Waals surface area contributed by atoms with E-state index in [0.717, 1.165) is 25.9 Å². The molecule has 0 bridgehead atoms. The fraction of sp³-hybridized carbons (Fsp3) is 0.967. The molecule has 230 valence electrons. The van der Waals surface area contributed by atoms with Gasteiger partial charge in [-0.25, -0.2) is 8.42 Å². The number of unbranched alkanes of at least 4 members (excludes halogenated alkanes) is 18. The van der Waals surface area contributed by atoms with Crippen molar-refractivity contribution in [2.24, 2.45) is 0 Å². The fourth-order valence-electron chi connectivity index (χ4n) is 4.29. The zero-order valence-corrected chi connectivity index (χ0v) is 31.9. The van der Waals surface area contributed by atoms with E-state index < -0.39 is 16.1 Å². The second-order valence-electron chi connectivity index (χ2n) is 10.6. The second kappa shape index (κ2) is 40.3. The molecule has 0 radical (unpaired) electrons. The normalized spacial score (nSPS) is 10.8. The van der Waals surface area contributed by atoms with Gasteiger partial charge in [-0.15, -0.1) is 0 Å². The van der Waals surface area contributed by atoms with Gasteiger partial charge in [-0.2, -0.15) is 0 Å². The van der Waals surface area contributed by atoms with Gasteiger partial charge in [0.25, 0.3) is 0 Å². The van der Waals surface area contributed by atoms with Crippen molar-refractivity contribution in [1.29, 1.82) is 0 Å². The van der Waals surface area contributed by atoms with Crippen LogP contribution in [0.3, 0.4) is 0 Å². The predicted octanol–water partition coefficient (Wildman–Crippen LogP) is 0.0771. The van der Waals surface area contributed by atoms with Crippen molar-refractivity contribution in [3.8, 4) is 0 Å². The first-order valence-corrected chi connectivity index (χ1v) is 17.5. The molecule has 0 spiro atoms. The first-order valence-electron chi connectivity index (χ1n) is 15.9. The van der Waals surface area contributed by atoms with Crippen molar-refractivity contribution in [1.82, 2.24) is 10.6 Å². The summed E-state index contributed by atoms with van der Waals surface area (Å²) in [7, 11) is -4.03. The Morgan fingerprint density at radius 1 is 0.525 bits per heavy atom. The monoisotopic (exact) mass is 608 g/mol. The molecule has 0 rings (SSSR count). The second-order valence-corrected chi connectivity index (χ2v) is 12.1. The first-order chi connectivity index (χ1) is 18.3. The van der Waals surface area contributed by atoms with Crippen LogP contribution in [0.1, 0.15) is 155 Å². The van der Waals surface area contributed by atoms with E-state index >= 15 is 0 Å². The molecule has 0 aliphatic heterocycles. The van der Waals surface area contributed by atoms with E-state index in [4.69, 9.17) is 0 Å². The molecule has 40 heavy (non-hydrogen) atoms. The third-order valence-electron chi connectivity index (χ3n) is 6.67. The number of carboxylic acids is 1. The molecule has 0 aliphatic carbocycles. The van der Waals surface area contributed by atoms with Crippen LogP contribution in [0, 0.1) is 0 Å². The number of carbonyl (C=O) groups excluding carboxylic acids is 1.